The van der Waals surface area contributed by atoms with Crippen molar-refractivity contribution in [3.63, 3.8) is 0 Å². The smallest absolute Gasteiger partial charge is 0.186 e. The summed E-state index contributed by atoms with van der Waals surface area (Å²) in [5.41, 5.74) is 0.272. The molecule has 1 heterocycles. The Morgan fingerprint density at radius 2 is 2.60 bits per heavy atom. The molecule has 0 radical (unpaired) electrons. The average molecular weight is 141 g/mol. The second kappa shape index (κ2) is 3.07. The van der Waals surface area contributed by atoms with Crippen molar-refractivity contribution in [1.82, 2.24) is 15.4 Å². The van der Waals surface area contributed by atoms with Gasteiger partial charge in [-0.3, -0.25) is 4.79 Å². The van der Waals surface area contributed by atoms with Crippen molar-refractivity contribution in [1.29, 1.82) is 0 Å². The Balaban J connectivity index is 2.59. The molecule has 0 spiro atoms. The number of Topliss-reactive ketones (excluding diaryl/α,β-unsaturated/α-hetero) is 1. The van der Waals surface area contributed by atoms with Crippen molar-refractivity contribution >= 4 is 5.78 Å². The van der Waals surface area contributed by atoms with Crippen LogP contribution in [-0.4, -0.2) is 32.9 Å². The zero-order chi connectivity index (χ0) is 7.40. The van der Waals surface area contributed by atoms with Gasteiger partial charge in [-0.1, -0.05) is 0 Å². The van der Waals surface area contributed by atoms with Crippen molar-refractivity contribution in [2.24, 2.45) is 0 Å². The molecule has 0 aliphatic carbocycles. The molecule has 0 aliphatic rings. The number of ketones is 1. The van der Waals surface area contributed by atoms with Crippen LogP contribution in [0.2, 0.25) is 0 Å². The molecule has 1 aromatic rings. The molecule has 5 nitrogen and oxygen atoms in total. The Hall–Kier alpha value is -1.23. The SMILES string of the molecule is O=C(CCO)c1cn[nH]n1. The molecule has 0 fully saturated rings. The third-order valence-electron chi connectivity index (χ3n) is 1.04. The number of aromatic nitrogens is 3. The van der Waals surface area contributed by atoms with Crippen molar-refractivity contribution in [3.05, 3.63) is 11.9 Å². The van der Waals surface area contributed by atoms with Crippen LogP contribution in [0.25, 0.3) is 0 Å². The van der Waals surface area contributed by atoms with Gasteiger partial charge in [-0.2, -0.15) is 15.4 Å². The van der Waals surface area contributed by atoms with E-state index in [4.69, 9.17) is 5.11 Å². The molecular weight excluding hydrogens is 134 g/mol. The molecule has 0 bridgehead atoms. The van der Waals surface area contributed by atoms with E-state index in [0.29, 0.717) is 0 Å². The van der Waals surface area contributed by atoms with E-state index >= 15 is 0 Å². The summed E-state index contributed by atoms with van der Waals surface area (Å²) >= 11 is 0. The van der Waals surface area contributed by atoms with Crippen molar-refractivity contribution in [2.75, 3.05) is 6.61 Å². The van der Waals surface area contributed by atoms with Gasteiger partial charge in [0.2, 0.25) is 0 Å². The number of H-pyrrole nitrogens is 1. The van der Waals surface area contributed by atoms with Gasteiger partial charge in [0.05, 0.1) is 12.8 Å². The molecule has 1 rings (SSSR count). The highest BCUT2D eigenvalue weighted by atomic mass is 16.3. The van der Waals surface area contributed by atoms with Crippen LogP contribution in [0.1, 0.15) is 16.9 Å². The van der Waals surface area contributed by atoms with E-state index in [9.17, 15) is 4.79 Å². The molecule has 0 aromatic carbocycles. The van der Waals surface area contributed by atoms with Crippen LogP contribution < -0.4 is 0 Å². The number of aliphatic hydroxyl groups excluding tert-OH is 1. The van der Waals surface area contributed by atoms with Gasteiger partial charge in [-0.25, -0.2) is 0 Å². The Morgan fingerprint density at radius 1 is 1.80 bits per heavy atom. The standard InChI is InChI=1S/C5H7N3O2/c9-2-1-5(10)4-3-6-8-7-4/h3,9H,1-2H2,(H,6,7,8). The monoisotopic (exact) mass is 141 g/mol. The summed E-state index contributed by atoms with van der Waals surface area (Å²) in [5, 5.41) is 17.6. The molecule has 54 valence electrons. The van der Waals surface area contributed by atoms with Crippen LogP contribution in [0.5, 0.6) is 0 Å². The number of nitrogens with zero attached hydrogens (tertiary/aromatic N) is 2. The van der Waals surface area contributed by atoms with Gasteiger partial charge in [0.1, 0.15) is 5.69 Å². The van der Waals surface area contributed by atoms with E-state index in [1.54, 1.807) is 0 Å². The van der Waals surface area contributed by atoms with Crippen LogP contribution in [-0.2, 0) is 0 Å². The Bertz CT molecular complexity index is 207. The largest absolute Gasteiger partial charge is 0.396 e. The van der Waals surface area contributed by atoms with E-state index in [0.717, 1.165) is 0 Å². The fourth-order valence-corrected chi connectivity index (χ4v) is 0.566. The molecule has 0 amide bonds. The summed E-state index contributed by atoms with van der Waals surface area (Å²) in [6.07, 6.45) is 1.44. The Kier molecular flexibility index (Phi) is 2.11. The van der Waals surface area contributed by atoms with Crippen molar-refractivity contribution in [2.45, 2.75) is 6.42 Å². The van der Waals surface area contributed by atoms with Gasteiger partial charge in [-0.15, -0.1) is 0 Å². The summed E-state index contributed by atoms with van der Waals surface area (Å²) in [4.78, 5) is 10.8. The fourth-order valence-electron chi connectivity index (χ4n) is 0.566. The highest BCUT2D eigenvalue weighted by molar-refractivity contribution is 5.93. The number of hydrogen-bond donors (Lipinski definition) is 2. The first-order valence-corrected chi connectivity index (χ1v) is 2.84. The lowest BCUT2D eigenvalue weighted by molar-refractivity contribution is 0.0952. The van der Waals surface area contributed by atoms with Gasteiger partial charge < -0.3 is 5.11 Å². The van der Waals surface area contributed by atoms with Gasteiger partial charge in [0.25, 0.3) is 0 Å². The maximum Gasteiger partial charge on any atom is 0.186 e. The topological polar surface area (TPSA) is 78.9 Å². The maximum atomic E-state index is 10.8. The van der Waals surface area contributed by atoms with E-state index in [1.807, 2.05) is 0 Å². The molecular formula is C5H7N3O2. The zero-order valence-electron chi connectivity index (χ0n) is 5.24. The Morgan fingerprint density at radius 3 is 3.10 bits per heavy atom. The van der Waals surface area contributed by atoms with Crippen LogP contribution >= 0.6 is 0 Å². The normalized spacial score (nSPS) is 9.70. The van der Waals surface area contributed by atoms with E-state index in [1.165, 1.54) is 6.20 Å². The van der Waals surface area contributed by atoms with Crippen LogP contribution in [0.15, 0.2) is 6.20 Å². The molecule has 0 atom stereocenters. The molecule has 0 saturated carbocycles. The van der Waals surface area contributed by atoms with Gasteiger partial charge >= 0.3 is 0 Å². The highest BCUT2D eigenvalue weighted by Gasteiger charge is 2.06. The van der Waals surface area contributed by atoms with Gasteiger partial charge in [-0.05, 0) is 0 Å². The third-order valence-corrected chi connectivity index (χ3v) is 1.04. The quantitative estimate of drug-likeness (QED) is 0.549. The molecule has 5 heteroatoms. The highest BCUT2D eigenvalue weighted by Crippen LogP contribution is 1.93. The summed E-state index contributed by atoms with van der Waals surface area (Å²) < 4.78 is 0. The van der Waals surface area contributed by atoms with Crippen LogP contribution in [0.3, 0.4) is 0 Å². The minimum Gasteiger partial charge on any atom is -0.396 e. The number of aromatic amines is 1. The minimum absolute atomic E-state index is 0.104. The molecule has 0 unspecified atom stereocenters. The minimum atomic E-state index is -0.198. The summed E-state index contributed by atoms with van der Waals surface area (Å²) in [6.45, 7) is -0.147. The average Bonchev–Trinajstić information content (AvgIpc) is 2.38. The predicted molar refractivity (Wildman–Crippen MR) is 32.4 cm³/mol. The number of aliphatic hydroxyl groups is 1. The van der Waals surface area contributed by atoms with Crippen molar-refractivity contribution < 1.29 is 9.90 Å². The first-order chi connectivity index (χ1) is 4.84. The lowest BCUT2D eigenvalue weighted by atomic mass is 10.2. The predicted octanol–water partition coefficient (Wildman–Crippen LogP) is -0.630. The molecule has 10 heavy (non-hydrogen) atoms. The first kappa shape index (κ1) is 6.88. The zero-order valence-corrected chi connectivity index (χ0v) is 5.24. The van der Waals surface area contributed by atoms with E-state index in [-0.39, 0.29) is 24.5 Å². The van der Waals surface area contributed by atoms with Gasteiger partial charge in [0, 0.05) is 6.42 Å². The van der Waals surface area contributed by atoms with Gasteiger partial charge in [0.15, 0.2) is 5.78 Å². The molecule has 2 N–H and O–H groups in total. The fraction of sp³-hybridized carbons (Fsp3) is 0.400. The number of carbonyl (C=O) groups excluding carboxylic acids is 1. The number of hydrogen-bond acceptors (Lipinski definition) is 4. The van der Waals surface area contributed by atoms with Crippen molar-refractivity contribution in [3.8, 4) is 0 Å². The molecule has 0 aliphatic heterocycles. The van der Waals surface area contributed by atoms with Crippen LogP contribution in [0.4, 0.5) is 0 Å². The lowest BCUT2D eigenvalue weighted by Crippen LogP contribution is -2.01. The van der Waals surface area contributed by atoms with E-state index in [2.05, 4.69) is 15.4 Å². The number of carbonyl (C=O) groups is 1. The Labute approximate surface area is 57.1 Å². The lowest BCUT2D eigenvalue weighted by Gasteiger charge is -1.88. The van der Waals surface area contributed by atoms with E-state index < -0.39 is 0 Å². The second-order valence-corrected chi connectivity index (χ2v) is 1.75. The molecule has 1 aromatic heterocycles. The summed E-state index contributed by atoms with van der Waals surface area (Å²) in [6, 6.07) is 0. The second-order valence-electron chi connectivity index (χ2n) is 1.75. The number of rotatable bonds is 3. The number of nitrogens with one attached hydrogen (secondary N) is 1. The molecule has 0 saturated heterocycles. The summed E-state index contributed by atoms with van der Waals surface area (Å²) in [7, 11) is 0. The maximum absolute atomic E-state index is 10.8. The van der Waals surface area contributed by atoms with Crippen LogP contribution in [0, 0.1) is 0 Å². The first-order valence-electron chi connectivity index (χ1n) is 2.84. The third kappa shape index (κ3) is 1.38. The summed E-state index contributed by atoms with van der Waals surface area (Å²) in [5.74, 6) is -0.198.